The number of benzene rings is 1. The molecule has 1 aromatic rings. The van der Waals surface area contributed by atoms with Gasteiger partial charge < -0.3 is 4.74 Å². The number of ether oxygens (including phenoxy) is 1. The van der Waals surface area contributed by atoms with Crippen molar-refractivity contribution in [2.24, 2.45) is 0 Å². The Labute approximate surface area is 94.7 Å². The van der Waals surface area contributed by atoms with Crippen LogP contribution in [0.25, 0.3) is 0 Å². The molecule has 0 amide bonds. The van der Waals surface area contributed by atoms with Gasteiger partial charge in [-0.25, -0.2) is 4.79 Å². The van der Waals surface area contributed by atoms with Crippen molar-refractivity contribution in [2.75, 3.05) is 0 Å². The Hall–Kier alpha value is -1.33. The molecule has 0 heterocycles. The zero-order valence-electron chi connectivity index (χ0n) is 7.22. The zero-order valence-corrected chi connectivity index (χ0v) is 8.73. The van der Waals surface area contributed by atoms with Crippen LogP contribution in [-0.4, -0.2) is 15.9 Å². The van der Waals surface area contributed by atoms with E-state index in [9.17, 15) is 14.9 Å². The van der Waals surface area contributed by atoms with Crippen LogP contribution in [0.15, 0.2) is 24.3 Å². The second-order valence-corrected chi connectivity index (χ2v) is 3.46. The molecule has 5 nitrogen and oxygen atoms in total. The maximum Gasteiger partial charge on any atom is 0.347 e. The van der Waals surface area contributed by atoms with E-state index >= 15 is 0 Å². The lowest BCUT2D eigenvalue weighted by molar-refractivity contribution is -0.385. The van der Waals surface area contributed by atoms with Gasteiger partial charge in [-0.05, 0) is 6.07 Å². The summed E-state index contributed by atoms with van der Waals surface area (Å²) in [6.45, 7) is 0. The normalized spacial score (nSPS) is 10.1. The maximum atomic E-state index is 11.3. The van der Waals surface area contributed by atoms with Crippen molar-refractivity contribution in [3.8, 4) is 0 Å². The average molecular weight is 250 g/mol. The van der Waals surface area contributed by atoms with E-state index in [1.54, 1.807) is 0 Å². The third kappa shape index (κ3) is 3.07. The summed E-state index contributed by atoms with van der Waals surface area (Å²) in [7, 11) is 0. The SMILES string of the molecule is O=C(OC(Cl)Cl)c1ccccc1[N+](=O)[O-]. The number of nitrogens with zero attached hydrogens (tertiary/aromatic N) is 1. The quantitative estimate of drug-likeness (QED) is 0.357. The minimum atomic E-state index is -1.35. The van der Waals surface area contributed by atoms with Crippen molar-refractivity contribution in [3.63, 3.8) is 0 Å². The second-order valence-electron chi connectivity index (χ2n) is 2.44. The topological polar surface area (TPSA) is 69.4 Å². The van der Waals surface area contributed by atoms with E-state index in [-0.39, 0.29) is 11.3 Å². The fourth-order valence-electron chi connectivity index (χ4n) is 0.950. The summed E-state index contributed by atoms with van der Waals surface area (Å²) in [5, 5.41) is 9.19. The molecule has 0 saturated carbocycles. The average Bonchev–Trinajstić information content (AvgIpc) is 2.16. The molecule has 1 aromatic carbocycles. The number of alkyl halides is 2. The number of nitro groups is 1. The van der Waals surface area contributed by atoms with Crippen molar-refractivity contribution in [1.29, 1.82) is 0 Å². The number of halogens is 2. The lowest BCUT2D eigenvalue weighted by Crippen LogP contribution is -2.10. The Bertz CT molecular complexity index is 394. The largest absolute Gasteiger partial charge is 0.428 e. The van der Waals surface area contributed by atoms with Crippen LogP contribution in [0.3, 0.4) is 0 Å². The molecule has 0 N–H and O–H groups in total. The predicted molar refractivity (Wildman–Crippen MR) is 54.0 cm³/mol. The number of rotatable bonds is 3. The smallest absolute Gasteiger partial charge is 0.347 e. The summed E-state index contributed by atoms with van der Waals surface area (Å²) in [4.78, 5) is 21.1. The molecule has 0 bridgehead atoms. The molecule has 0 fully saturated rings. The van der Waals surface area contributed by atoms with E-state index < -0.39 is 15.9 Å². The van der Waals surface area contributed by atoms with Gasteiger partial charge in [0.15, 0.2) is 0 Å². The van der Waals surface area contributed by atoms with Crippen molar-refractivity contribution >= 4 is 34.9 Å². The van der Waals surface area contributed by atoms with Gasteiger partial charge in [-0.2, -0.15) is 0 Å². The highest BCUT2D eigenvalue weighted by Crippen LogP contribution is 2.20. The molecule has 15 heavy (non-hydrogen) atoms. The molecule has 0 saturated heterocycles. The van der Waals surface area contributed by atoms with Gasteiger partial charge in [0.05, 0.1) is 4.92 Å². The molecule has 0 aliphatic carbocycles. The third-order valence-electron chi connectivity index (χ3n) is 1.52. The second kappa shape index (κ2) is 4.95. The van der Waals surface area contributed by atoms with Gasteiger partial charge >= 0.3 is 5.97 Å². The number of carbonyl (C=O) groups excluding carboxylic acids is 1. The van der Waals surface area contributed by atoms with E-state index in [4.69, 9.17) is 23.2 Å². The Morgan fingerprint density at radius 2 is 2.00 bits per heavy atom. The lowest BCUT2D eigenvalue weighted by Gasteiger charge is -2.04. The number of nitro benzene ring substituents is 1. The van der Waals surface area contributed by atoms with Crippen molar-refractivity contribution in [3.05, 3.63) is 39.9 Å². The Morgan fingerprint density at radius 1 is 1.40 bits per heavy atom. The van der Waals surface area contributed by atoms with Gasteiger partial charge in [0, 0.05) is 6.07 Å². The summed E-state index contributed by atoms with van der Waals surface area (Å²) in [6, 6.07) is 5.36. The first-order valence-electron chi connectivity index (χ1n) is 3.75. The van der Waals surface area contributed by atoms with Crippen LogP contribution in [-0.2, 0) is 4.74 Å². The van der Waals surface area contributed by atoms with Crippen molar-refractivity contribution in [1.82, 2.24) is 0 Å². The van der Waals surface area contributed by atoms with E-state index in [1.807, 2.05) is 0 Å². The monoisotopic (exact) mass is 249 g/mol. The van der Waals surface area contributed by atoms with E-state index in [2.05, 4.69) is 4.74 Å². The predicted octanol–water partition coefficient (Wildman–Crippen LogP) is 2.51. The van der Waals surface area contributed by atoms with Crippen LogP contribution >= 0.6 is 23.2 Å². The first-order chi connectivity index (χ1) is 7.02. The number of hydrogen-bond acceptors (Lipinski definition) is 4. The summed E-state index contributed by atoms with van der Waals surface area (Å²) < 4.78 is 4.41. The maximum absolute atomic E-state index is 11.3. The minimum absolute atomic E-state index is 0.186. The van der Waals surface area contributed by atoms with Crippen LogP contribution < -0.4 is 0 Å². The first kappa shape index (κ1) is 11.7. The molecule has 0 spiro atoms. The number of esters is 1. The first-order valence-corrected chi connectivity index (χ1v) is 4.62. The van der Waals surface area contributed by atoms with Crippen LogP contribution in [0.5, 0.6) is 0 Å². The summed E-state index contributed by atoms with van der Waals surface area (Å²) in [5.74, 6) is -0.933. The van der Waals surface area contributed by atoms with Gasteiger partial charge in [0.2, 0.25) is 0 Å². The fraction of sp³-hybridized carbons (Fsp3) is 0.125. The number of carbonyl (C=O) groups is 1. The summed E-state index contributed by atoms with van der Waals surface area (Å²) >= 11 is 10.4. The fourth-order valence-corrected chi connectivity index (χ4v) is 1.11. The van der Waals surface area contributed by atoms with Gasteiger partial charge in [-0.1, -0.05) is 35.3 Å². The van der Waals surface area contributed by atoms with Gasteiger partial charge in [-0.15, -0.1) is 0 Å². The zero-order chi connectivity index (χ0) is 11.4. The van der Waals surface area contributed by atoms with Crippen LogP contribution in [0.4, 0.5) is 5.69 Å². The number of para-hydroxylation sites is 1. The third-order valence-corrected chi connectivity index (χ3v) is 1.69. The van der Waals surface area contributed by atoms with Crippen molar-refractivity contribution < 1.29 is 14.5 Å². The van der Waals surface area contributed by atoms with Gasteiger partial charge in [0.1, 0.15) is 5.56 Å². The molecule has 0 aromatic heterocycles. The standard InChI is InChI=1S/C8H5Cl2NO4/c9-8(10)15-7(12)5-3-1-2-4-6(5)11(13)14/h1-4,8H. The molecule has 0 atom stereocenters. The van der Waals surface area contributed by atoms with Gasteiger partial charge in [0.25, 0.3) is 10.7 Å². The summed E-state index contributed by atoms with van der Waals surface area (Å²) in [6.07, 6.45) is 0. The van der Waals surface area contributed by atoms with Crippen LogP contribution in [0, 0.1) is 10.1 Å². The Balaban J connectivity index is 3.03. The molecule has 0 radical (unpaired) electrons. The molecule has 0 aliphatic rings. The Morgan fingerprint density at radius 3 is 2.53 bits per heavy atom. The molecular formula is C8H5Cl2NO4. The molecular weight excluding hydrogens is 245 g/mol. The molecule has 0 unspecified atom stereocenters. The van der Waals surface area contributed by atoms with Crippen LogP contribution in [0.2, 0.25) is 0 Å². The molecule has 80 valence electrons. The highest BCUT2D eigenvalue weighted by molar-refractivity contribution is 6.43. The van der Waals surface area contributed by atoms with E-state index in [0.29, 0.717) is 0 Å². The minimum Gasteiger partial charge on any atom is -0.428 e. The highest BCUT2D eigenvalue weighted by atomic mass is 35.5. The van der Waals surface area contributed by atoms with E-state index in [0.717, 1.165) is 0 Å². The highest BCUT2D eigenvalue weighted by Gasteiger charge is 2.21. The Kier molecular flexibility index (Phi) is 3.88. The molecule has 0 aliphatic heterocycles. The van der Waals surface area contributed by atoms with Gasteiger partial charge in [-0.3, -0.25) is 10.1 Å². The number of hydrogen-bond donors (Lipinski definition) is 0. The molecule has 1 rings (SSSR count). The van der Waals surface area contributed by atoms with Crippen molar-refractivity contribution in [2.45, 2.75) is 5.02 Å². The molecule has 7 heteroatoms. The van der Waals surface area contributed by atoms with E-state index in [1.165, 1.54) is 24.3 Å². The lowest BCUT2D eigenvalue weighted by atomic mass is 10.2. The van der Waals surface area contributed by atoms with Crippen LogP contribution in [0.1, 0.15) is 10.4 Å². The summed E-state index contributed by atoms with van der Waals surface area (Å²) in [5.41, 5.74) is -0.537.